The smallest absolute Gasteiger partial charge is 0.261 e. The molecule has 0 atom stereocenters. The van der Waals surface area contributed by atoms with Crippen LogP contribution in [0.25, 0.3) is 10.1 Å². The molecule has 0 bridgehead atoms. The van der Waals surface area contributed by atoms with Crippen molar-refractivity contribution in [3.05, 3.63) is 94.1 Å². The van der Waals surface area contributed by atoms with E-state index in [1.807, 2.05) is 36.7 Å². The molecule has 1 N–H and O–H groups in total. The van der Waals surface area contributed by atoms with Crippen LogP contribution in [0.5, 0.6) is 5.75 Å². The first-order valence-electron chi connectivity index (χ1n) is 14.2. The molecule has 2 aromatic carbocycles. The van der Waals surface area contributed by atoms with Crippen LogP contribution in [-0.4, -0.2) is 59.0 Å². The maximum atomic E-state index is 13.1. The second kappa shape index (κ2) is 12.7. The highest BCUT2D eigenvalue weighted by Crippen LogP contribution is 2.31. The zero-order chi connectivity index (χ0) is 27.3. The lowest BCUT2D eigenvalue weighted by molar-refractivity contribution is 0.0913. The Bertz CT molecular complexity index is 1410. The van der Waals surface area contributed by atoms with Crippen LogP contribution in [0.1, 0.15) is 46.5 Å². The predicted octanol–water partition coefficient (Wildman–Crippen LogP) is 6.39. The third kappa shape index (κ3) is 7.02. The average molecular weight is 575 g/mol. The quantitative estimate of drug-likeness (QED) is 0.264. The summed E-state index contributed by atoms with van der Waals surface area (Å²) in [5.41, 5.74) is 2.57. The summed E-state index contributed by atoms with van der Waals surface area (Å²) in [5.74, 6) is 0.916. The number of hydrogen-bond acceptors (Lipinski definition) is 6. The zero-order valence-electron chi connectivity index (χ0n) is 22.6. The largest absolute Gasteiger partial charge is 0.490 e. The van der Waals surface area contributed by atoms with Crippen LogP contribution in [0.3, 0.4) is 0 Å². The lowest BCUT2D eigenvalue weighted by Crippen LogP contribution is -2.44. The minimum Gasteiger partial charge on any atom is -0.490 e. The molecule has 1 amide bonds. The van der Waals surface area contributed by atoms with Crippen LogP contribution in [0.4, 0.5) is 0 Å². The summed E-state index contributed by atoms with van der Waals surface area (Å²) in [5, 5.41) is 5.12. The van der Waals surface area contributed by atoms with Gasteiger partial charge in [0, 0.05) is 67.4 Å². The van der Waals surface area contributed by atoms with Crippen molar-refractivity contribution in [2.24, 2.45) is 0 Å². The third-order valence-corrected chi connectivity index (χ3v) is 9.31. The molecular weight excluding hydrogens is 540 g/mol. The summed E-state index contributed by atoms with van der Waals surface area (Å²) in [4.78, 5) is 22.9. The molecule has 208 valence electrons. The highest BCUT2D eigenvalue weighted by molar-refractivity contribution is 7.20. The molecule has 2 aliphatic heterocycles. The molecule has 0 spiro atoms. The number of nitrogens with one attached hydrogen (secondary N) is 1. The van der Waals surface area contributed by atoms with Crippen LogP contribution >= 0.6 is 22.9 Å². The fraction of sp³-hybridized carbons (Fsp3) is 0.375. The van der Waals surface area contributed by atoms with Crippen molar-refractivity contribution < 1.29 is 9.53 Å². The molecule has 40 heavy (non-hydrogen) atoms. The normalized spacial score (nSPS) is 17.7. The second-order valence-electron chi connectivity index (χ2n) is 10.9. The number of benzene rings is 2. The van der Waals surface area contributed by atoms with E-state index in [9.17, 15) is 4.79 Å². The molecule has 0 unspecified atom stereocenters. The van der Waals surface area contributed by atoms with E-state index in [0.29, 0.717) is 0 Å². The van der Waals surface area contributed by atoms with Gasteiger partial charge >= 0.3 is 0 Å². The first-order valence-corrected chi connectivity index (χ1v) is 15.4. The number of rotatable bonds is 8. The fourth-order valence-electron chi connectivity index (χ4n) is 5.67. The van der Waals surface area contributed by atoms with Crippen LogP contribution in [0.15, 0.2) is 73.1 Å². The van der Waals surface area contributed by atoms with E-state index in [-0.39, 0.29) is 18.1 Å². The van der Waals surface area contributed by atoms with E-state index in [1.165, 1.54) is 11.1 Å². The number of aromatic nitrogens is 1. The minimum atomic E-state index is 0.0318. The topological polar surface area (TPSA) is 57.7 Å². The Hall–Kier alpha value is -2.97. The first kappa shape index (κ1) is 27.2. The van der Waals surface area contributed by atoms with E-state index < -0.39 is 0 Å². The van der Waals surface area contributed by atoms with Gasteiger partial charge in [0.2, 0.25) is 0 Å². The molecule has 6 rings (SSSR count). The third-order valence-electron chi connectivity index (χ3n) is 7.95. The van der Waals surface area contributed by atoms with Crippen molar-refractivity contribution >= 4 is 38.9 Å². The van der Waals surface area contributed by atoms with Gasteiger partial charge in [-0.15, -0.1) is 11.3 Å². The standard InChI is InChI=1S/C32H35ClN4O2S/c33-26-3-1-23(2-4-26)21-37-17-11-28(12-18-37)39-29-5-6-30-25(19-29)20-31(40-30)32(38)35-27-9-15-36(16-10-27)22-24-7-13-34-14-8-24/h1-8,13-14,19-20,27-28H,9-12,15-18,21-22H2,(H,35,38). The van der Waals surface area contributed by atoms with Crippen LogP contribution in [0.2, 0.25) is 5.02 Å². The number of halogens is 1. The Morgan fingerprint density at radius 3 is 2.23 bits per heavy atom. The predicted molar refractivity (Wildman–Crippen MR) is 162 cm³/mol. The molecule has 4 heterocycles. The van der Waals surface area contributed by atoms with Gasteiger partial charge in [-0.2, -0.15) is 0 Å². The molecule has 8 heteroatoms. The Labute approximate surface area is 244 Å². The maximum Gasteiger partial charge on any atom is 0.261 e. The lowest BCUT2D eigenvalue weighted by Gasteiger charge is -2.32. The van der Waals surface area contributed by atoms with Gasteiger partial charge in [-0.3, -0.25) is 19.6 Å². The van der Waals surface area contributed by atoms with E-state index in [1.54, 1.807) is 11.3 Å². The molecule has 2 aliphatic rings. The molecule has 6 nitrogen and oxygen atoms in total. The summed E-state index contributed by atoms with van der Waals surface area (Å²) in [6, 6.07) is 20.7. The number of carbonyl (C=O) groups excluding carboxylic acids is 1. The Balaban J connectivity index is 0.978. The number of ether oxygens (including phenoxy) is 1. The SMILES string of the molecule is O=C(NC1CCN(Cc2ccncc2)CC1)c1cc2cc(OC3CCN(Cc4ccc(Cl)cc4)CC3)ccc2s1. The van der Waals surface area contributed by atoms with Crippen molar-refractivity contribution in [1.29, 1.82) is 0 Å². The van der Waals surface area contributed by atoms with Crippen LogP contribution in [0, 0.1) is 0 Å². The van der Waals surface area contributed by atoms with E-state index in [2.05, 4.69) is 56.5 Å². The van der Waals surface area contributed by atoms with Gasteiger partial charge in [0.05, 0.1) is 4.88 Å². The highest BCUT2D eigenvalue weighted by atomic mass is 35.5. The minimum absolute atomic E-state index is 0.0318. The fourth-order valence-corrected chi connectivity index (χ4v) is 6.74. The summed E-state index contributed by atoms with van der Waals surface area (Å²) in [7, 11) is 0. The Kier molecular flexibility index (Phi) is 8.63. The summed E-state index contributed by atoms with van der Waals surface area (Å²) in [6.45, 7) is 5.88. The zero-order valence-corrected chi connectivity index (χ0v) is 24.2. The van der Waals surface area contributed by atoms with Crippen LogP contribution in [-0.2, 0) is 13.1 Å². The molecular formula is C32H35ClN4O2S. The van der Waals surface area contributed by atoms with Crippen molar-refractivity contribution in [2.75, 3.05) is 26.2 Å². The number of fused-ring (bicyclic) bond motifs is 1. The monoisotopic (exact) mass is 574 g/mol. The van der Waals surface area contributed by atoms with E-state index >= 15 is 0 Å². The second-order valence-corrected chi connectivity index (χ2v) is 12.4. The average Bonchev–Trinajstić information content (AvgIpc) is 3.41. The summed E-state index contributed by atoms with van der Waals surface area (Å²) < 4.78 is 7.49. The highest BCUT2D eigenvalue weighted by Gasteiger charge is 2.23. The van der Waals surface area contributed by atoms with Crippen molar-refractivity contribution in [2.45, 2.75) is 50.9 Å². The van der Waals surface area contributed by atoms with E-state index in [0.717, 1.165) is 90.7 Å². The molecule has 2 saturated heterocycles. The number of amides is 1. The maximum absolute atomic E-state index is 13.1. The van der Waals surface area contributed by atoms with Gasteiger partial charge in [0.15, 0.2) is 0 Å². The lowest BCUT2D eigenvalue weighted by atomic mass is 10.0. The first-order chi connectivity index (χ1) is 19.6. The van der Waals surface area contributed by atoms with Crippen LogP contribution < -0.4 is 10.1 Å². The number of hydrogen-bond donors (Lipinski definition) is 1. The van der Waals surface area contributed by atoms with Gasteiger partial charge in [-0.25, -0.2) is 0 Å². The van der Waals surface area contributed by atoms with Gasteiger partial charge in [-0.1, -0.05) is 23.7 Å². The van der Waals surface area contributed by atoms with Gasteiger partial charge in [-0.05, 0) is 90.7 Å². The number of carbonyl (C=O) groups is 1. The molecule has 0 saturated carbocycles. The number of likely N-dealkylation sites (tertiary alicyclic amines) is 2. The van der Waals surface area contributed by atoms with E-state index in [4.69, 9.17) is 16.3 Å². The van der Waals surface area contributed by atoms with Crippen molar-refractivity contribution in [3.8, 4) is 5.75 Å². The number of thiophene rings is 1. The number of piperidine rings is 2. The Morgan fingerprint density at radius 1 is 0.875 bits per heavy atom. The summed E-state index contributed by atoms with van der Waals surface area (Å²) in [6.07, 6.45) is 7.85. The van der Waals surface area contributed by atoms with Crippen molar-refractivity contribution in [1.82, 2.24) is 20.1 Å². The molecule has 0 aliphatic carbocycles. The molecule has 2 fully saturated rings. The van der Waals surface area contributed by atoms with Gasteiger partial charge in [0.25, 0.3) is 5.91 Å². The van der Waals surface area contributed by atoms with Gasteiger partial charge in [0.1, 0.15) is 11.9 Å². The molecule has 4 aromatic rings. The number of nitrogens with zero attached hydrogens (tertiary/aromatic N) is 3. The number of pyridine rings is 1. The molecule has 2 aromatic heterocycles. The molecule has 0 radical (unpaired) electrons. The Morgan fingerprint density at radius 2 is 1.52 bits per heavy atom. The summed E-state index contributed by atoms with van der Waals surface area (Å²) >= 11 is 7.57. The van der Waals surface area contributed by atoms with Gasteiger partial charge < -0.3 is 10.1 Å². The van der Waals surface area contributed by atoms with Crippen molar-refractivity contribution in [3.63, 3.8) is 0 Å².